The summed E-state index contributed by atoms with van der Waals surface area (Å²) >= 11 is 0. The molecular weight excluding hydrogens is 633 g/mol. The van der Waals surface area contributed by atoms with Crippen molar-refractivity contribution >= 4 is 32.8 Å². The molecular formula is C48H41N4+. The molecule has 52 heavy (non-hydrogen) atoms. The van der Waals surface area contributed by atoms with Crippen molar-refractivity contribution in [3.63, 3.8) is 0 Å². The van der Waals surface area contributed by atoms with Crippen LogP contribution in [0.4, 0.5) is 0 Å². The minimum Gasteiger partial charge on any atom is -0.294 e. The van der Waals surface area contributed by atoms with Crippen molar-refractivity contribution in [2.24, 2.45) is 7.05 Å². The Balaban J connectivity index is 1.38. The molecule has 252 valence electrons. The van der Waals surface area contributed by atoms with E-state index in [2.05, 4.69) is 212 Å². The fraction of sp³-hybridized carbons (Fsp3) is 0.125. The largest absolute Gasteiger partial charge is 0.294 e. The predicted octanol–water partition coefficient (Wildman–Crippen LogP) is 10.6. The minimum absolute atomic E-state index is 0.00943. The fourth-order valence-corrected chi connectivity index (χ4v) is 8.19. The highest BCUT2D eigenvalue weighted by Gasteiger charge is 2.39. The summed E-state index contributed by atoms with van der Waals surface area (Å²) in [4.78, 5) is 4.99. The van der Waals surface area contributed by atoms with Crippen molar-refractivity contribution in [3.8, 4) is 11.5 Å². The zero-order valence-electron chi connectivity index (χ0n) is 30.0. The van der Waals surface area contributed by atoms with E-state index < -0.39 is 5.41 Å². The molecule has 0 bridgehead atoms. The average Bonchev–Trinajstić information content (AvgIpc) is 3.70. The Kier molecular flexibility index (Phi) is 7.44. The van der Waals surface area contributed by atoms with Gasteiger partial charge in [-0.1, -0.05) is 136 Å². The molecule has 4 heteroatoms. The van der Waals surface area contributed by atoms with Gasteiger partial charge in [-0.3, -0.25) is 4.57 Å². The van der Waals surface area contributed by atoms with Crippen LogP contribution in [0.1, 0.15) is 48.6 Å². The molecule has 0 spiro atoms. The van der Waals surface area contributed by atoms with Crippen LogP contribution in [0.3, 0.4) is 0 Å². The van der Waals surface area contributed by atoms with Crippen LogP contribution in [0.25, 0.3) is 44.3 Å². The van der Waals surface area contributed by atoms with Crippen LogP contribution in [0.2, 0.25) is 0 Å². The Hall–Kier alpha value is -6.26. The standard InChI is InChI=1S/C48H41N4/c1-47(2,3)36-28-29-49-46(32-36)52-42-23-12-11-22-40(42)41-27-26-38(31-45(41)52)48(34-16-7-5-8-17-34,35-18-9-6-10-19-35)37-20-15-21-39(30-37)51-33-50(4)43-24-13-14-25-44(43)51/h5-33H,1-4H3/q+1. The van der Waals surface area contributed by atoms with E-state index in [9.17, 15) is 0 Å². The highest BCUT2D eigenvalue weighted by Crippen LogP contribution is 2.47. The third-order valence-corrected chi connectivity index (χ3v) is 10.7. The zero-order valence-corrected chi connectivity index (χ0v) is 30.0. The van der Waals surface area contributed by atoms with Crippen molar-refractivity contribution in [1.82, 2.24) is 14.1 Å². The second-order valence-corrected chi connectivity index (χ2v) is 14.9. The van der Waals surface area contributed by atoms with E-state index in [1.54, 1.807) is 0 Å². The lowest BCUT2D eigenvalue weighted by Crippen LogP contribution is -2.31. The summed E-state index contributed by atoms with van der Waals surface area (Å²) in [6.07, 6.45) is 4.13. The van der Waals surface area contributed by atoms with E-state index >= 15 is 0 Å². The van der Waals surface area contributed by atoms with Gasteiger partial charge >= 0.3 is 0 Å². The Morgan fingerprint density at radius 1 is 0.500 bits per heavy atom. The van der Waals surface area contributed by atoms with Gasteiger partial charge in [0.2, 0.25) is 6.33 Å². The summed E-state index contributed by atoms with van der Waals surface area (Å²) in [5.74, 6) is 0.926. The number of hydrogen-bond donors (Lipinski definition) is 0. The summed E-state index contributed by atoms with van der Waals surface area (Å²) in [5.41, 5.74) is 11.1. The molecule has 0 atom stereocenters. The zero-order chi connectivity index (χ0) is 35.5. The lowest BCUT2D eigenvalue weighted by molar-refractivity contribution is -0.645. The molecule has 0 saturated heterocycles. The first-order valence-electron chi connectivity index (χ1n) is 18.0. The monoisotopic (exact) mass is 673 g/mol. The van der Waals surface area contributed by atoms with Crippen LogP contribution in [0, 0.1) is 0 Å². The molecule has 0 radical (unpaired) electrons. The van der Waals surface area contributed by atoms with Crippen molar-refractivity contribution in [2.45, 2.75) is 31.6 Å². The van der Waals surface area contributed by atoms with Crippen molar-refractivity contribution in [3.05, 3.63) is 204 Å². The van der Waals surface area contributed by atoms with Gasteiger partial charge in [0.05, 0.1) is 23.5 Å². The summed E-state index contributed by atoms with van der Waals surface area (Å²) in [6, 6.07) is 59.8. The van der Waals surface area contributed by atoms with E-state index in [1.807, 2.05) is 6.20 Å². The number of benzene rings is 6. The summed E-state index contributed by atoms with van der Waals surface area (Å²) < 4.78 is 6.85. The number of aryl methyl sites for hydroxylation is 1. The van der Waals surface area contributed by atoms with Crippen LogP contribution in [-0.4, -0.2) is 14.1 Å². The van der Waals surface area contributed by atoms with Gasteiger partial charge in [0.25, 0.3) is 0 Å². The molecule has 0 N–H and O–H groups in total. The number of aromatic nitrogens is 4. The first-order chi connectivity index (χ1) is 25.3. The van der Waals surface area contributed by atoms with Gasteiger partial charge in [0.1, 0.15) is 11.5 Å². The van der Waals surface area contributed by atoms with Crippen molar-refractivity contribution in [2.75, 3.05) is 0 Å². The van der Waals surface area contributed by atoms with E-state index in [0.29, 0.717) is 0 Å². The number of fused-ring (bicyclic) bond motifs is 4. The second-order valence-electron chi connectivity index (χ2n) is 14.9. The van der Waals surface area contributed by atoms with Gasteiger partial charge in [0.15, 0.2) is 11.0 Å². The minimum atomic E-state index is -0.639. The second kappa shape index (κ2) is 12.2. The molecule has 0 saturated carbocycles. The third kappa shape index (κ3) is 4.97. The van der Waals surface area contributed by atoms with E-state index in [1.165, 1.54) is 49.6 Å². The van der Waals surface area contributed by atoms with E-state index in [0.717, 1.165) is 22.5 Å². The van der Waals surface area contributed by atoms with Crippen LogP contribution >= 0.6 is 0 Å². The maximum Gasteiger partial charge on any atom is 0.249 e. The quantitative estimate of drug-likeness (QED) is 0.127. The third-order valence-electron chi connectivity index (χ3n) is 10.7. The van der Waals surface area contributed by atoms with Gasteiger partial charge in [-0.25, -0.2) is 9.55 Å². The molecule has 6 aromatic carbocycles. The maximum absolute atomic E-state index is 4.99. The summed E-state index contributed by atoms with van der Waals surface area (Å²) in [5, 5.41) is 2.42. The molecule has 4 nitrogen and oxygen atoms in total. The molecule has 0 aliphatic rings. The lowest BCUT2D eigenvalue weighted by atomic mass is 9.65. The fourth-order valence-electron chi connectivity index (χ4n) is 8.19. The summed E-state index contributed by atoms with van der Waals surface area (Å²) in [7, 11) is 2.11. The Morgan fingerprint density at radius 3 is 1.85 bits per heavy atom. The molecule has 0 fully saturated rings. The molecule has 9 aromatic rings. The van der Waals surface area contributed by atoms with Gasteiger partial charge < -0.3 is 0 Å². The van der Waals surface area contributed by atoms with Gasteiger partial charge in [-0.2, -0.15) is 4.57 Å². The number of hydrogen-bond acceptors (Lipinski definition) is 1. The SMILES string of the molecule is C[n+]1cn(-c2cccc(C(c3ccccc3)(c3ccccc3)c3ccc4c5ccccc5n(-c5cc(C(C)(C)C)ccn5)c4c3)c2)c2ccccc21. The highest BCUT2D eigenvalue weighted by molar-refractivity contribution is 6.09. The highest BCUT2D eigenvalue weighted by atomic mass is 15.1. The molecule has 0 amide bonds. The first kappa shape index (κ1) is 31.7. The van der Waals surface area contributed by atoms with Gasteiger partial charge in [0, 0.05) is 17.0 Å². The predicted molar refractivity (Wildman–Crippen MR) is 214 cm³/mol. The number of imidazole rings is 1. The molecule has 0 aliphatic heterocycles. The number of para-hydroxylation sites is 3. The molecule has 0 unspecified atom stereocenters. The van der Waals surface area contributed by atoms with Crippen LogP contribution in [0.15, 0.2) is 176 Å². The molecule has 9 rings (SSSR count). The smallest absolute Gasteiger partial charge is 0.249 e. The maximum atomic E-state index is 4.99. The van der Waals surface area contributed by atoms with Gasteiger partial charge in [-0.15, -0.1) is 0 Å². The Bertz CT molecular complexity index is 2690. The van der Waals surface area contributed by atoms with Crippen LogP contribution in [-0.2, 0) is 17.9 Å². The number of rotatable bonds is 6. The van der Waals surface area contributed by atoms with Gasteiger partial charge in [-0.05, 0) is 81.8 Å². The van der Waals surface area contributed by atoms with E-state index in [-0.39, 0.29) is 5.41 Å². The topological polar surface area (TPSA) is 26.6 Å². The van der Waals surface area contributed by atoms with E-state index in [4.69, 9.17) is 4.98 Å². The van der Waals surface area contributed by atoms with Crippen LogP contribution < -0.4 is 4.57 Å². The van der Waals surface area contributed by atoms with Crippen molar-refractivity contribution in [1.29, 1.82) is 0 Å². The van der Waals surface area contributed by atoms with Crippen molar-refractivity contribution < 1.29 is 4.57 Å². The molecule has 3 aromatic heterocycles. The van der Waals surface area contributed by atoms with Crippen LogP contribution in [0.5, 0.6) is 0 Å². The Morgan fingerprint density at radius 2 is 1.12 bits per heavy atom. The normalized spacial score (nSPS) is 12.2. The number of pyridine rings is 1. The first-order valence-corrected chi connectivity index (χ1v) is 18.0. The number of nitrogens with zero attached hydrogens (tertiary/aromatic N) is 4. The summed E-state index contributed by atoms with van der Waals surface area (Å²) in [6.45, 7) is 6.78. The molecule has 0 aliphatic carbocycles. The molecule has 3 heterocycles. The lowest BCUT2D eigenvalue weighted by Gasteiger charge is -2.37. The Labute approximate surface area is 304 Å². The average molecular weight is 674 g/mol.